The molecule has 43 heavy (non-hydrogen) atoms. The van der Waals surface area contributed by atoms with Crippen LogP contribution < -0.4 is 10.6 Å². The van der Waals surface area contributed by atoms with Gasteiger partial charge in [-0.25, -0.2) is 14.4 Å². The Labute approximate surface area is 253 Å². The topological polar surface area (TPSA) is 183 Å². The number of amides is 4. The number of thioether (sulfide) groups is 2. The number of carboxylic acids is 1. The summed E-state index contributed by atoms with van der Waals surface area (Å²) < 4.78 is 4.94. The molecule has 4 amide bonds. The molecule has 1 aromatic rings. The molecule has 3 N–H and O–H groups in total. The summed E-state index contributed by atoms with van der Waals surface area (Å²) in [6, 6.07) is 4.37. The molecule has 0 aromatic heterocycles. The standard InChI is InChI=1S/C27H25N5O9S2/c1-14(34)41-12-16-13-43-24-20(23(36)32(24)21(16)25(37)38)28-22(35)19(15-5-3-2-4-6-15)29-27(40)31-9-8-30(18(31)11-33)17-7-10-42-26(17)39/h2-7,10,17,19-20,24H,8-9,12-13H2,1H3,(H,28,35)(H,29,40)(H,37,38)/t17?,19?,20?,24-/m0/s1. The van der Waals surface area contributed by atoms with Crippen LogP contribution >= 0.6 is 23.5 Å². The van der Waals surface area contributed by atoms with Crippen molar-refractivity contribution >= 4 is 64.4 Å². The van der Waals surface area contributed by atoms with E-state index in [-0.39, 0.29) is 47.7 Å². The van der Waals surface area contributed by atoms with Crippen LogP contribution in [-0.4, -0.2) is 104 Å². The van der Waals surface area contributed by atoms with E-state index in [0.717, 1.165) is 21.6 Å². The molecule has 0 saturated carbocycles. The number of hydrogen-bond donors (Lipinski definition) is 3. The number of esters is 1. The van der Waals surface area contributed by atoms with E-state index in [4.69, 9.17) is 4.74 Å². The number of aliphatic carboxylic acids is 1. The number of benzene rings is 1. The Balaban J connectivity index is 1.32. The minimum Gasteiger partial charge on any atom is -0.477 e. The number of carbonyl (C=O) groups excluding carboxylic acids is 6. The van der Waals surface area contributed by atoms with Gasteiger partial charge in [0.05, 0.1) is 0 Å². The lowest BCUT2D eigenvalue weighted by Gasteiger charge is -2.49. The lowest BCUT2D eigenvalue weighted by Crippen LogP contribution is -2.71. The Morgan fingerprint density at radius 3 is 2.53 bits per heavy atom. The molecule has 3 unspecified atom stereocenters. The van der Waals surface area contributed by atoms with E-state index >= 15 is 0 Å². The van der Waals surface area contributed by atoms with Gasteiger partial charge in [-0.3, -0.25) is 29.0 Å². The zero-order valence-electron chi connectivity index (χ0n) is 22.6. The van der Waals surface area contributed by atoms with Crippen molar-refractivity contribution in [2.45, 2.75) is 30.4 Å². The smallest absolute Gasteiger partial charge is 0.352 e. The largest absolute Gasteiger partial charge is 0.477 e. The first-order chi connectivity index (χ1) is 20.6. The van der Waals surface area contributed by atoms with Gasteiger partial charge in [0.15, 0.2) is 5.94 Å². The monoisotopic (exact) mass is 627 g/mol. The molecule has 224 valence electrons. The third kappa shape index (κ3) is 5.76. The van der Waals surface area contributed by atoms with Crippen molar-refractivity contribution in [2.75, 3.05) is 25.4 Å². The number of hydrogen-bond acceptors (Lipinski definition) is 11. The first kappa shape index (κ1) is 29.9. The van der Waals surface area contributed by atoms with Crippen LogP contribution in [0.15, 0.2) is 58.9 Å². The number of fused-ring (bicyclic) bond motifs is 1. The maximum atomic E-state index is 13.6. The van der Waals surface area contributed by atoms with Crippen LogP contribution in [0.5, 0.6) is 0 Å². The average Bonchev–Trinajstić information content (AvgIpc) is 3.62. The number of carbonyl (C=O) groups is 6. The molecule has 5 rings (SSSR count). The van der Waals surface area contributed by atoms with Gasteiger partial charge in [0, 0.05) is 31.3 Å². The van der Waals surface area contributed by atoms with Crippen LogP contribution in [0, 0.1) is 0 Å². The van der Waals surface area contributed by atoms with Crippen LogP contribution in [-0.2, 0) is 33.5 Å². The normalized spacial score (nSPS) is 23.4. The number of carboxylic acid groups (broad SMARTS) is 1. The van der Waals surface area contributed by atoms with Gasteiger partial charge in [0.1, 0.15) is 35.8 Å². The lowest BCUT2D eigenvalue weighted by molar-refractivity contribution is -0.151. The number of nitrogens with one attached hydrogen (secondary N) is 2. The molecule has 14 nitrogen and oxygen atoms in total. The van der Waals surface area contributed by atoms with Crippen molar-refractivity contribution < 1.29 is 43.4 Å². The number of β-lactam (4-membered cyclic amide) rings is 1. The Morgan fingerprint density at radius 2 is 1.91 bits per heavy atom. The SMILES string of the molecule is CC(=O)OCC1=C(C(=O)O)N2C(=O)C(NC(=O)C(NC(=O)N3CCN(C4C=CSC4=O)C3=C=O)c3ccccc3)[C@@H]2SC1. The highest BCUT2D eigenvalue weighted by atomic mass is 32.2. The van der Waals surface area contributed by atoms with Gasteiger partial charge in [0.25, 0.3) is 5.91 Å². The van der Waals surface area contributed by atoms with Gasteiger partial charge in [0.2, 0.25) is 16.8 Å². The highest BCUT2D eigenvalue weighted by molar-refractivity contribution is 8.16. The van der Waals surface area contributed by atoms with Crippen molar-refractivity contribution in [2.24, 2.45) is 0 Å². The van der Waals surface area contributed by atoms with Crippen LogP contribution in [0.2, 0.25) is 0 Å². The molecule has 0 radical (unpaired) electrons. The molecule has 4 heterocycles. The molecule has 2 fully saturated rings. The summed E-state index contributed by atoms with van der Waals surface area (Å²) in [5.74, 6) is -1.63. The molecule has 0 aliphatic carbocycles. The average molecular weight is 628 g/mol. The molecule has 4 aliphatic heterocycles. The van der Waals surface area contributed by atoms with Gasteiger partial charge in [-0.05, 0) is 17.0 Å². The van der Waals surface area contributed by atoms with E-state index < -0.39 is 53.3 Å². The molecule has 0 bridgehead atoms. The van der Waals surface area contributed by atoms with E-state index in [1.165, 1.54) is 23.6 Å². The third-order valence-corrected chi connectivity index (χ3v) is 9.22. The van der Waals surface area contributed by atoms with Crippen molar-refractivity contribution in [3.8, 4) is 0 Å². The first-order valence-corrected chi connectivity index (χ1v) is 14.9. The van der Waals surface area contributed by atoms with Crippen LogP contribution in [0.25, 0.3) is 0 Å². The Hall–Kier alpha value is -4.53. The van der Waals surface area contributed by atoms with Crippen LogP contribution in [0.1, 0.15) is 18.5 Å². The van der Waals surface area contributed by atoms with Crippen molar-refractivity contribution in [3.05, 3.63) is 64.5 Å². The van der Waals surface area contributed by atoms with Gasteiger partial charge >= 0.3 is 18.0 Å². The minimum atomic E-state index is -1.37. The highest BCUT2D eigenvalue weighted by Gasteiger charge is 2.54. The summed E-state index contributed by atoms with van der Waals surface area (Å²) in [5.41, 5.74) is 0.346. The van der Waals surface area contributed by atoms with Gasteiger partial charge in [-0.15, -0.1) is 11.8 Å². The summed E-state index contributed by atoms with van der Waals surface area (Å²) >= 11 is 2.19. The zero-order valence-corrected chi connectivity index (χ0v) is 24.2. The number of urea groups is 1. The highest BCUT2D eigenvalue weighted by Crippen LogP contribution is 2.40. The Bertz CT molecular complexity index is 1510. The minimum absolute atomic E-state index is 0.0661. The van der Waals surface area contributed by atoms with Crippen molar-refractivity contribution in [3.63, 3.8) is 0 Å². The predicted octanol–water partition coefficient (Wildman–Crippen LogP) is 0.185. The number of rotatable bonds is 8. The van der Waals surface area contributed by atoms with Crippen molar-refractivity contribution in [1.82, 2.24) is 25.3 Å². The summed E-state index contributed by atoms with van der Waals surface area (Å²) in [6.45, 7) is 1.17. The second-order valence-electron chi connectivity index (χ2n) is 9.71. The zero-order chi connectivity index (χ0) is 30.8. The molecule has 2 saturated heterocycles. The van der Waals surface area contributed by atoms with Crippen LogP contribution in [0.3, 0.4) is 0 Å². The Morgan fingerprint density at radius 1 is 1.16 bits per heavy atom. The van der Waals surface area contributed by atoms with Crippen molar-refractivity contribution in [1.29, 1.82) is 0 Å². The predicted molar refractivity (Wildman–Crippen MR) is 152 cm³/mol. The molecule has 16 heteroatoms. The quantitative estimate of drug-likeness (QED) is 0.202. The maximum Gasteiger partial charge on any atom is 0.352 e. The maximum absolute atomic E-state index is 13.6. The molecular formula is C27H25N5O9S2. The third-order valence-electron chi connectivity index (χ3n) is 7.11. The van der Waals surface area contributed by atoms with E-state index in [1.54, 1.807) is 47.8 Å². The van der Waals surface area contributed by atoms with Crippen LogP contribution in [0.4, 0.5) is 4.79 Å². The molecule has 4 aliphatic rings. The summed E-state index contributed by atoms with van der Waals surface area (Å²) in [6.07, 6.45) is 1.62. The molecule has 4 atom stereocenters. The Kier molecular flexibility index (Phi) is 8.62. The summed E-state index contributed by atoms with van der Waals surface area (Å²) in [4.78, 5) is 91.0. The number of nitrogens with zero attached hydrogens (tertiary/aromatic N) is 3. The fourth-order valence-corrected chi connectivity index (χ4v) is 7.12. The fourth-order valence-electron chi connectivity index (χ4n) is 5.08. The fraction of sp³-hybridized carbons (Fsp3) is 0.333. The lowest BCUT2D eigenvalue weighted by atomic mass is 10.0. The second-order valence-corrected chi connectivity index (χ2v) is 11.7. The van der Waals surface area contributed by atoms with E-state index in [1.807, 2.05) is 0 Å². The molecular weight excluding hydrogens is 602 g/mol. The molecule has 0 spiro atoms. The van der Waals surface area contributed by atoms with E-state index in [9.17, 15) is 38.7 Å². The van der Waals surface area contributed by atoms with Gasteiger partial charge in [-0.2, -0.15) is 0 Å². The second kappa shape index (κ2) is 12.4. The van der Waals surface area contributed by atoms with E-state index in [2.05, 4.69) is 10.6 Å². The summed E-state index contributed by atoms with van der Waals surface area (Å²) in [7, 11) is 0. The van der Waals surface area contributed by atoms with Gasteiger partial charge in [-0.1, -0.05) is 42.1 Å². The first-order valence-electron chi connectivity index (χ1n) is 13.0. The molecule has 1 aromatic carbocycles. The van der Waals surface area contributed by atoms with Gasteiger partial charge < -0.3 is 25.4 Å². The van der Waals surface area contributed by atoms with E-state index in [0.29, 0.717) is 5.56 Å². The number of ether oxygens (including phenoxy) is 1. The summed E-state index contributed by atoms with van der Waals surface area (Å²) in [5, 5.41) is 15.7.